The molecule has 1 aliphatic rings. The maximum absolute atomic E-state index is 12.4. The molecule has 8 heteroatoms. The Labute approximate surface area is 142 Å². The lowest BCUT2D eigenvalue weighted by molar-refractivity contribution is -0.384. The van der Waals surface area contributed by atoms with Crippen LogP contribution in [0.4, 0.5) is 11.4 Å². The quantitative estimate of drug-likeness (QED) is 0.655. The average Bonchev–Trinajstić information content (AvgIpc) is 2.54. The van der Waals surface area contributed by atoms with Gasteiger partial charge in [0.2, 0.25) is 0 Å². The minimum Gasteiger partial charge on any atom is -0.325 e. The number of anilines is 1. The van der Waals surface area contributed by atoms with Crippen molar-refractivity contribution in [3.8, 4) is 0 Å². The van der Waals surface area contributed by atoms with E-state index in [0.29, 0.717) is 24.1 Å². The lowest BCUT2D eigenvalue weighted by atomic mass is 9.86. The predicted octanol–water partition coefficient (Wildman–Crippen LogP) is 2.30. The average molecular weight is 341 g/mol. The highest BCUT2D eigenvalue weighted by molar-refractivity contribution is 6.06. The van der Waals surface area contributed by atoms with E-state index in [1.165, 1.54) is 30.3 Å². The van der Waals surface area contributed by atoms with Gasteiger partial charge in [0, 0.05) is 35.5 Å². The van der Waals surface area contributed by atoms with Crippen LogP contribution in [-0.4, -0.2) is 21.6 Å². The Morgan fingerprint density at radius 3 is 2.76 bits per heavy atom. The van der Waals surface area contributed by atoms with E-state index in [2.05, 4.69) is 10.3 Å². The Morgan fingerprint density at radius 1 is 1.28 bits per heavy atom. The molecule has 1 unspecified atom stereocenters. The zero-order chi connectivity index (χ0) is 18.1. The van der Waals surface area contributed by atoms with Crippen LogP contribution in [0.25, 0.3) is 0 Å². The Hall–Kier alpha value is -3.29. The maximum atomic E-state index is 12.4. The number of amides is 1. The van der Waals surface area contributed by atoms with Crippen LogP contribution in [0.1, 0.15) is 39.8 Å². The first-order valence-corrected chi connectivity index (χ1v) is 7.70. The first-order valence-electron chi connectivity index (χ1n) is 7.70. The Bertz CT molecular complexity index is 948. The van der Waals surface area contributed by atoms with E-state index < -0.39 is 16.4 Å². The van der Waals surface area contributed by atoms with Gasteiger partial charge in [0.15, 0.2) is 5.78 Å². The second-order valence-electron chi connectivity index (χ2n) is 6.10. The van der Waals surface area contributed by atoms with Crippen LogP contribution in [0.15, 0.2) is 35.1 Å². The summed E-state index contributed by atoms with van der Waals surface area (Å²) in [5.41, 5.74) is 0.108. The van der Waals surface area contributed by atoms with E-state index in [0.717, 1.165) is 0 Å². The normalized spacial score (nSPS) is 16.2. The fraction of sp³-hybridized carbons (Fsp3) is 0.235. The molecule has 1 aromatic heterocycles. The van der Waals surface area contributed by atoms with Crippen molar-refractivity contribution in [1.29, 1.82) is 0 Å². The topological polar surface area (TPSA) is 122 Å². The minimum atomic E-state index is -0.726. The first kappa shape index (κ1) is 16.6. The van der Waals surface area contributed by atoms with Crippen molar-refractivity contribution in [1.82, 2.24) is 4.98 Å². The summed E-state index contributed by atoms with van der Waals surface area (Å²) in [6.45, 7) is 1.92. The summed E-state index contributed by atoms with van der Waals surface area (Å²) in [5.74, 6) is -0.703. The van der Waals surface area contributed by atoms with E-state index >= 15 is 0 Å². The number of aromatic nitrogens is 1. The smallest absolute Gasteiger partial charge is 0.271 e. The highest BCUT2D eigenvalue weighted by atomic mass is 16.6. The third-order valence-corrected chi connectivity index (χ3v) is 4.07. The van der Waals surface area contributed by atoms with Gasteiger partial charge in [0.05, 0.1) is 4.92 Å². The molecule has 0 fully saturated rings. The number of nitrogens with one attached hydrogen (secondary N) is 2. The van der Waals surface area contributed by atoms with Crippen LogP contribution in [0, 0.1) is 16.0 Å². The molecule has 1 aliphatic carbocycles. The standard InChI is InChI=1S/C17H15N3O5/c1-9-5-14-12(15(21)6-9)8-13(17(23)19-14)16(22)18-10-3-2-4-11(7-10)20(24)25/h2-4,7-9H,5-6H2,1H3,(H,18,22)(H,19,23). The largest absolute Gasteiger partial charge is 0.325 e. The van der Waals surface area contributed by atoms with Crippen LogP contribution < -0.4 is 10.9 Å². The maximum Gasteiger partial charge on any atom is 0.271 e. The van der Waals surface area contributed by atoms with Crippen LogP contribution >= 0.6 is 0 Å². The van der Waals surface area contributed by atoms with Gasteiger partial charge in [0.25, 0.3) is 17.2 Å². The van der Waals surface area contributed by atoms with Crippen molar-refractivity contribution >= 4 is 23.1 Å². The molecular weight excluding hydrogens is 326 g/mol. The molecule has 8 nitrogen and oxygen atoms in total. The molecule has 0 saturated carbocycles. The van der Waals surface area contributed by atoms with E-state index in [4.69, 9.17) is 0 Å². The number of ketones is 1. The third-order valence-electron chi connectivity index (χ3n) is 4.07. The number of hydrogen-bond donors (Lipinski definition) is 2. The number of aromatic amines is 1. The number of rotatable bonds is 3. The number of fused-ring (bicyclic) bond motifs is 1. The molecule has 1 atom stereocenters. The van der Waals surface area contributed by atoms with E-state index in [1.54, 1.807) is 0 Å². The third kappa shape index (κ3) is 3.32. The number of nitro benzene ring substituents is 1. The van der Waals surface area contributed by atoms with Crippen LogP contribution in [0.5, 0.6) is 0 Å². The number of non-ortho nitro benzene ring substituents is 1. The van der Waals surface area contributed by atoms with Crippen molar-refractivity contribution in [2.45, 2.75) is 19.8 Å². The van der Waals surface area contributed by atoms with Crippen LogP contribution in [0.3, 0.4) is 0 Å². The van der Waals surface area contributed by atoms with Gasteiger partial charge < -0.3 is 10.3 Å². The van der Waals surface area contributed by atoms with Crippen molar-refractivity contribution in [3.05, 3.63) is 67.6 Å². The Balaban J connectivity index is 1.92. The van der Waals surface area contributed by atoms with E-state index in [1.807, 2.05) is 6.92 Å². The number of carbonyl (C=O) groups excluding carboxylic acids is 2. The molecule has 0 bridgehead atoms. The molecule has 2 aromatic rings. The monoisotopic (exact) mass is 341 g/mol. The summed E-state index contributed by atoms with van der Waals surface area (Å²) in [7, 11) is 0. The number of Topliss-reactive ketones (excluding diaryl/α,β-unsaturated/α-hetero) is 1. The van der Waals surface area contributed by atoms with Gasteiger partial charge in [-0.05, 0) is 24.5 Å². The van der Waals surface area contributed by atoms with Crippen molar-refractivity contribution in [3.63, 3.8) is 0 Å². The zero-order valence-corrected chi connectivity index (χ0v) is 13.4. The second-order valence-corrected chi connectivity index (χ2v) is 6.10. The van der Waals surface area contributed by atoms with Crippen molar-refractivity contribution in [2.24, 2.45) is 5.92 Å². The number of benzene rings is 1. The summed E-state index contributed by atoms with van der Waals surface area (Å²) in [6, 6.07) is 6.69. The molecule has 1 aromatic carbocycles. The Kier molecular flexibility index (Phi) is 4.18. The SMILES string of the molecule is CC1CC(=O)c2cc(C(=O)Nc3cccc([N+](=O)[O-])c3)c(=O)[nH]c2C1. The van der Waals surface area contributed by atoms with Crippen molar-refractivity contribution in [2.75, 3.05) is 5.32 Å². The molecule has 0 spiro atoms. The summed E-state index contributed by atoms with van der Waals surface area (Å²) < 4.78 is 0. The number of H-pyrrole nitrogens is 1. The molecule has 1 heterocycles. The molecule has 3 rings (SSSR count). The number of hydrogen-bond acceptors (Lipinski definition) is 5. The molecular formula is C17H15N3O5. The molecule has 0 saturated heterocycles. The number of pyridine rings is 1. The lowest BCUT2D eigenvalue weighted by Gasteiger charge is -2.20. The lowest BCUT2D eigenvalue weighted by Crippen LogP contribution is -2.29. The second kappa shape index (κ2) is 6.31. The summed E-state index contributed by atoms with van der Waals surface area (Å²) >= 11 is 0. The van der Waals surface area contributed by atoms with E-state index in [9.17, 15) is 24.5 Å². The minimum absolute atomic E-state index is 0.116. The molecule has 0 aliphatic heterocycles. The summed E-state index contributed by atoms with van der Waals surface area (Å²) in [5, 5.41) is 13.2. The first-order chi connectivity index (χ1) is 11.8. The number of carbonyl (C=O) groups is 2. The van der Waals surface area contributed by atoms with Gasteiger partial charge >= 0.3 is 0 Å². The van der Waals surface area contributed by atoms with E-state index in [-0.39, 0.29) is 28.6 Å². The molecule has 1 amide bonds. The number of nitrogens with zero attached hydrogens (tertiary/aromatic N) is 1. The van der Waals surface area contributed by atoms with Gasteiger partial charge in [-0.3, -0.25) is 24.5 Å². The molecule has 25 heavy (non-hydrogen) atoms. The van der Waals surface area contributed by atoms with Crippen LogP contribution in [0.2, 0.25) is 0 Å². The molecule has 2 N–H and O–H groups in total. The summed E-state index contributed by atoms with van der Waals surface area (Å²) in [4.78, 5) is 49.5. The number of nitro groups is 1. The highest BCUT2D eigenvalue weighted by Crippen LogP contribution is 2.24. The Morgan fingerprint density at radius 2 is 2.04 bits per heavy atom. The van der Waals surface area contributed by atoms with Gasteiger partial charge in [-0.25, -0.2) is 0 Å². The molecule has 0 radical (unpaired) electrons. The zero-order valence-electron chi connectivity index (χ0n) is 13.4. The fourth-order valence-corrected chi connectivity index (χ4v) is 2.89. The predicted molar refractivity (Wildman–Crippen MR) is 89.9 cm³/mol. The fourth-order valence-electron chi connectivity index (χ4n) is 2.89. The van der Waals surface area contributed by atoms with Gasteiger partial charge in [-0.1, -0.05) is 13.0 Å². The highest BCUT2D eigenvalue weighted by Gasteiger charge is 2.25. The van der Waals surface area contributed by atoms with Gasteiger partial charge in [-0.2, -0.15) is 0 Å². The molecule has 128 valence electrons. The van der Waals surface area contributed by atoms with Crippen molar-refractivity contribution < 1.29 is 14.5 Å². The van der Waals surface area contributed by atoms with Gasteiger partial charge in [0.1, 0.15) is 5.56 Å². The van der Waals surface area contributed by atoms with Gasteiger partial charge in [-0.15, -0.1) is 0 Å². The summed E-state index contributed by atoms with van der Waals surface area (Å²) in [6.07, 6.45) is 0.939. The van der Waals surface area contributed by atoms with Crippen LogP contribution in [-0.2, 0) is 6.42 Å².